The molecule has 1 fully saturated rings. The second-order valence-electron chi connectivity index (χ2n) is 6.42. The minimum absolute atomic E-state index is 0.514. The summed E-state index contributed by atoms with van der Waals surface area (Å²) < 4.78 is 13.3. The molecule has 1 aromatic carbocycles. The van der Waals surface area contributed by atoms with E-state index in [4.69, 9.17) is 0 Å². The van der Waals surface area contributed by atoms with Crippen LogP contribution in [-0.4, -0.2) is 37.8 Å². The molecule has 1 heterocycles. The van der Waals surface area contributed by atoms with Crippen LogP contribution >= 0.6 is 0 Å². The van der Waals surface area contributed by atoms with Gasteiger partial charge in [-0.3, -0.25) is 4.90 Å². The van der Waals surface area contributed by atoms with Gasteiger partial charge in [-0.25, -0.2) is 4.39 Å². The molecule has 1 N–H and O–H groups in total. The highest BCUT2D eigenvalue weighted by Gasteiger charge is 2.34. The molecular formula is C19H25FN2. The molecule has 0 aromatic heterocycles. The molecule has 0 amide bonds. The maximum absolute atomic E-state index is 13.3. The van der Waals surface area contributed by atoms with E-state index in [-0.39, 0.29) is 0 Å². The number of allylic oxidation sites excluding steroid dienone is 3. The highest BCUT2D eigenvalue weighted by Crippen LogP contribution is 2.33. The summed E-state index contributed by atoms with van der Waals surface area (Å²) in [6.45, 7) is 4.18. The third-order valence-electron chi connectivity index (χ3n) is 4.74. The number of alkyl halides is 1. The van der Waals surface area contributed by atoms with Crippen LogP contribution in [0, 0.1) is 11.8 Å². The maximum atomic E-state index is 13.3. The lowest BCUT2D eigenvalue weighted by Crippen LogP contribution is -2.26. The van der Waals surface area contributed by atoms with Gasteiger partial charge < -0.3 is 5.32 Å². The first kappa shape index (κ1) is 15.4. The highest BCUT2D eigenvalue weighted by molar-refractivity contribution is 5.29. The minimum Gasteiger partial charge on any atom is -0.319 e. The van der Waals surface area contributed by atoms with Crippen LogP contribution in [0.25, 0.3) is 0 Å². The third kappa shape index (κ3) is 3.65. The van der Waals surface area contributed by atoms with Crippen molar-refractivity contribution in [2.75, 3.05) is 26.7 Å². The quantitative estimate of drug-likeness (QED) is 0.898. The lowest BCUT2D eigenvalue weighted by molar-refractivity contribution is 0.314. The van der Waals surface area contributed by atoms with Crippen LogP contribution < -0.4 is 5.32 Å². The van der Waals surface area contributed by atoms with Crippen LogP contribution in [0.15, 0.2) is 54.1 Å². The Morgan fingerprint density at radius 1 is 1.23 bits per heavy atom. The first-order chi connectivity index (χ1) is 10.8. The zero-order valence-electron chi connectivity index (χ0n) is 13.2. The number of halogens is 1. The van der Waals surface area contributed by atoms with Crippen LogP contribution in [0.4, 0.5) is 4.39 Å². The predicted octanol–water partition coefficient (Wildman–Crippen LogP) is 3.18. The molecule has 3 heteroatoms. The molecule has 1 saturated heterocycles. The lowest BCUT2D eigenvalue weighted by Gasteiger charge is -2.21. The van der Waals surface area contributed by atoms with Crippen LogP contribution in [0.1, 0.15) is 12.0 Å². The summed E-state index contributed by atoms with van der Waals surface area (Å²) in [6.07, 6.45) is 5.56. The van der Waals surface area contributed by atoms with E-state index < -0.39 is 6.17 Å². The average Bonchev–Trinajstić information content (AvgIpc) is 2.92. The Bertz CT molecular complexity index is 538. The van der Waals surface area contributed by atoms with E-state index in [0.29, 0.717) is 18.3 Å². The van der Waals surface area contributed by atoms with Crippen LogP contribution in [-0.2, 0) is 6.54 Å². The maximum Gasteiger partial charge on any atom is 0.122 e. The number of likely N-dealkylation sites (tertiary alicyclic amines) is 1. The standard InChI is InChI=1S/C19H25FN2/c1-21-11-17-13-22(12-15-5-3-2-4-6-15)14-19(17)16-7-9-18(20)10-8-16/h2-9,17-19,21H,10-14H2,1H3. The van der Waals surface area contributed by atoms with Gasteiger partial charge in [0, 0.05) is 32.0 Å². The molecule has 2 aliphatic rings. The van der Waals surface area contributed by atoms with E-state index >= 15 is 0 Å². The number of rotatable bonds is 5. The summed E-state index contributed by atoms with van der Waals surface area (Å²) in [7, 11) is 2.01. The summed E-state index contributed by atoms with van der Waals surface area (Å²) in [6, 6.07) is 10.6. The number of hydrogen-bond donors (Lipinski definition) is 1. The van der Waals surface area contributed by atoms with E-state index in [1.807, 2.05) is 13.1 Å². The Kier molecular flexibility index (Phi) is 5.06. The van der Waals surface area contributed by atoms with E-state index in [1.54, 1.807) is 6.08 Å². The largest absolute Gasteiger partial charge is 0.319 e. The first-order valence-corrected chi connectivity index (χ1v) is 8.19. The monoisotopic (exact) mass is 300 g/mol. The molecule has 0 bridgehead atoms. The molecule has 3 rings (SSSR count). The van der Waals surface area contributed by atoms with Gasteiger partial charge in [0.2, 0.25) is 0 Å². The molecule has 118 valence electrons. The molecule has 2 nitrogen and oxygen atoms in total. The smallest absolute Gasteiger partial charge is 0.122 e. The molecule has 0 saturated carbocycles. The van der Waals surface area contributed by atoms with Crippen molar-refractivity contribution in [3.63, 3.8) is 0 Å². The molecular weight excluding hydrogens is 275 g/mol. The Labute approximate surface area is 132 Å². The van der Waals surface area contributed by atoms with Crippen molar-refractivity contribution in [3.8, 4) is 0 Å². The van der Waals surface area contributed by atoms with Crippen molar-refractivity contribution in [3.05, 3.63) is 59.7 Å². The van der Waals surface area contributed by atoms with Gasteiger partial charge in [-0.05, 0) is 30.6 Å². The van der Waals surface area contributed by atoms with Crippen molar-refractivity contribution in [1.82, 2.24) is 10.2 Å². The van der Waals surface area contributed by atoms with Crippen molar-refractivity contribution in [2.24, 2.45) is 11.8 Å². The zero-order chi connectivity index (χ0) is 15.4. The Morgan fingerprint density at radius 2 is 2.05 bits per heavy atom. The zero-order valence-corrected chi connectivity index (χ0v) is 13.2. The van der Waals surface area contributed by atoms with Gasteiger partial charge in [-0.2, -0.15) is 0 Å². The molecule has 1 aliphatic carbocycles. The Hall–Kier alpha value is -1.45. The summed E-state index contributed by atoms with van der Waals surface area (Å²) in [4.78, 5) is 2.53. The Balaban J connectivity index is 1.68. The van der Waals surface area contributed by atoms with E-state index in [9.17, 15) is 4.39 Å². The number of benzene rings is 1. The number of hydrogen-bond acceptors (Lipinski definition) is 2. The summed E-state index contributed by atoms with van der Waals surface area (Å²) >= 11 is 0. The fourth-order valence-corrected chi connectivity index (χ4v) is 3.66. The molecule has 3 unspecified atom stereocenters. The topological polar surface area (TPSA) is 15.3 Å². The van der Waals surface area contributed by atoms with Gasteiger partial charge in [-0.15, -0.1) is 0 Å². The van der Waals surface area contributed by atoms with Crippen molar-refractivity contribution < 1.29 is 4.39 Å². The summed E-state index contributed by atoms with van der Waals surface area (Å²) in [5, 5.41) is 3.32. The molecule has 3 atom stereocenters. The molecule has 1 aliphatic heterocycles. The molecule has 1 aromatic rings. The van der Waals surface area contributed by atoms with Crippen molar-refractivity contribution >= 4 is 0 Å². The second kappa shape index (κ2) is 7.21. The van der Waals surface area contributed by atoms with Gasteiger partial charge in [0.25, 0.3) is 0 Å². The van der Waals surface area contributed by atoms with Crippen LogP contribution in [0.2, 0.25) is 0 Å². The minimum atomic E-state index is -0.798. The molecule has 0 radical (unpaired) electrons. The SMILES string of the molecule is CNCC1CN(Cc2ccccc2)CC1C1=CCC(F)C=C1. The van der Waals surface area contributed by atoms with Crippen LogP contribution in [0.5, 0.6) is 0 Å². The number of nitrogens with one attached hydrogen (secondary N) is 1. The van der Waals surface area contributed by atoms with Gasteiger partial charge in [0.05, 0.1) is 0 Å². The third-order valence-corrected chi connectivity index (χ3v) is 4.74. The van der Waals surface area contributed by atoms with Crippen molar-refractivity contribution in [2.45, 2.75) is 19.1 Å². The normalized spacial score (nSPS) is 28.8. The van der Waals surface area contributed by atoms with Gasteiger partial charge >= 0.3 is 0 Å². The van der Waals surface area contributed by atoms with E-state index in [1.165, 1.54) is 11.1 Å². The molecule has 0 spiro atoms. The fraction of sp³-hybridized carbons (Fsp3) is 0.474. The van der Waals surface area contributed by atoms with Gasteiger partial charge in [-0.1, -0.05) is 48.6 Å². The van der Waals surface area contributed by atoms with Gasteiger partial charge in [0.1, 0.15) is 6.17 Å². The van der Waals surface area contributed by atoms with E-state index in [2.05, 4.69) is 46.6 Å². The average molecular weight is 300 g/mol. The Morgan fingerprint density at radius 3 is 2.73 bits per heavy atom. The highest BCUT2D eigenvalue weighted by atomic mass is 19.1. The summed E-state index contributed by atoms with van der Waals surface area (Å²) in [5.74, 6) is 1.11. The lowest BCUT2D eigenvalue weighted by atomic mass is 9.86. The fourth-order valence-electron chi connectivity index (χ4n) is 3.66. The van der Waals surface area contributed by atoms with Crippen LogP contribution in [0.3, 0.4) is 0 Å². The summed E-state index contributed by atoms with van der Waals surface area (Å²) in [5.41, 5.74) is 2.69. The van der Waals surface area contributed by atoms with Gasteiger partial charge in [0.15, 0.2) is 0 Å². The number of nitrogens with zero attached hydrogens (tertiary/aromatic N) is 1. The molecule has 22 heavy (non-hydrogen) atoms. The second-order valence-corrected chi connectivity index (χ2v) is 6.42. The van der Waals surface area contributed by atoms with Crippen molar-refractivity contribution in [1.29, 1.82) is 0 Å². The first-order valence-electron chi connectivity index (χ1n) is 8.19. The predicted molar refractivity (Wildman–Crippen MR) is 89.4 cm³/mol. The van der Waals surface area contributed by atoms with E-state index in [0.717, 1.165) is 26.2 Å².